The van der Waals surface area contributed by atoms with Crippen LogP contribution >= 0.6 is 0 Å². The predicted octanol–water partition coefficient (Wildman–Crippen LogP) is 1.21. The molecule has 1 aromatic heterocycles. The van der Waals surface area contributed by atoms with Crippen molar-refractivity contribution in [2.24, 2.45) is 0 Å². The summed E-state index contributed by atoms with van der Waals surface area (Å²) in [4.78, 5) is 33.5. The summed E-state index contributed by atoms with van der Waals surface area (Å²) >= 11 is 0. The van der Waals surface area contributed by atoms with Crippen molar-refractivity contribution >= 4 is 22.5 Å². The molecule has 0 aliphatic heterocycles. The standard InChI is InChI=1S/C11H10N3O5/c1-6-11(7(2)15)13(17)9-4-3-8(14(18)19)5-10(9)12(6)16/h3-5,16H,1-2H3/q+1. The molecule has 98 valence electrons. The van der Waals surface area contributed by atoms with E-state index in [1.807, 2.05) is 0 Å². The van der Waals surface area contributed by atoms with Crippen molar-refractivity contribution in [2.45, 2.75) is 13.8 Å². The Bertz CT molecular complexity index is 778. The second-order valence-electron chi connectivity index (χ2n) is 4.03. The Hall–Kier alpha value is -2.77. The van der Waals surface area contributed by atoms with Gasteiger partial charge in [0.05, 0.1) is 15.4 Å². The van der Waals surface area contributed by atoms with Gasteiger partial charge < -0.3 is 5.21 Å². The number of benzene rings is 1. The molecule has 0 fully saturated rings. The second-order valence-corrected chi connectivity index (χ2v) is 4.03. The van der Waals surface area contributed by atoms with Gasteiger partial charge in [0.15, 0.2) is 5.52 Å². The number of hydrogen-bond acceptors (Lipinski definition) is 5. The lowest BCUT2D eigenvalue weighted by atomic mass is 10.2. The summed E-state index contributed by atoms with van der Waals surface area (Å²) in [6.07, 6.45) is 0. The maximum atomic E-state index is 12.0. The molecule has 8 heteroatoms. The lowest BCUT2D eigenvalue weighted by Gasteiger charge is -2.04. The fourth-order valence-corrected chi connectivity index (χ4v) is 1.91. The zero-order chi connectivity index (χ0) is 14.3. The number of carbonyl (C=O) groups excluding carboxylic acids is 1. The maximum absolute atomic E-state index is 12.0. The van der Waals surface area contributed by atoms with Crippen LogP contribution in [0.2, 0.25) is 0 Å². The highest BCUT2D eigenvalue weighted by atomic mass is 16.6. The van der Waals surface area contributed by atoms with E-state index in [0.29, 0.717) is 9.16 Å². The first kappa shape index (κ1) is 12.7. The van der Waals surface area contributed by atoms with Crippen LogP contribution in [0, 0.1) is 21.9 Å². The van der Waals surface area contributed by atoms with E-state index in [1.165, 1.54) is 19.9 Å². The van der Waals surface area contributed by atoms with Crippen molar-refractivity contribution in [2.75, 3.05) is 0 Å². The van der Waals surface area contributed by atoms with E-state index in [-0.39, 0.29) is 28.1 Å². The fourth-order valence-electron chi connectivity index (χ4n) is 1.91. The first-order valence-electron chi connectivity index (χ1n) is 5.31. The van der Waals surface area contributed by atoms with Gasteiger partial charge in [-0.05, 0) is 6.92 Å². The quantitative estimate of drug-likeness (QED) is 0.288. The summed E-state index contributed by atoms with van der Waals surface area (Å²) in [6, 6.07) is 3.40. The normalized spacial score (nSPS) is 10.6. The zero-order valence-electron chi connectivity index (χ0n) is 10.2. The molecule has 1 heterocycles. The Kier molecular flexibility index (Phi) is 2.78. The number of hydrogen-bond donors (Lipinski definition) is 1. The third-order valence-electron chi connectivity index (χ3n) is 2.81. The van der Waals surface area contributed by atoms with Crippen molar-refractivity contribution in [1.29, 1.82) is 0 Å². The monoisotopic (exact) mass is 264 g/mol. The van der Waals surface area contributed by atoms with Crippen LogP contribution in [-0.2, 0) is 0 Å². The van der Waals surface area contributed by atoms with Gasteiger partial charge in [0.25, 0.3) is 11.2 Å². The molecular formula is C11H10N3O5+. The summed E-state index contributed by atoms with van der Waals surface area (Å²) in [5, 5.41) is 20.6. The summed E-state index contributed by atoms with van der Waals surface area (Å²) in [7, 11) is 0. The van der Waals surface area contributed by atoms with Gasteiger partial charge in [-0.3, -0.25) is 14.9 Å². The number of ketones is 1. The molecule has 0 amide bonds. The van der Waals surface area contributed by atoms with Crippen LogP contribution in [0.4, 0.5) is 5.69 Å². The van der Waals surface area contributed by atoms with Crippen molar-refractivity contribution in [3.05, 3.63) is 44.6 Å². The molecule has 19 heavy (non-hydrogen) atoms. The van der Waals surface area contributed by atoms with E-state index in [9.17, 15) is 25.0 Å². The van der Waals surface area contributed by atoms with Gasteiger partial charge in [0, 0.05) is 24.0 Å². The van der Waals surface area contributed by atoms with E-state index >= 15 is 0 Å². The lowest BCUT2D eigenvalue weighted by molar-refractivity contribution is -0.469. The molecule has 0 spiro atoms. The van der Waals surface area contributed by atoms with E-state index in [1.54, 1.807) is 0 Å². The third kappa shape index (κ3) is 1.82. The average Bonchev–Trinajstić information content (AvgIpc) is 2.35. The molecule has 0 aliphatic carbocycles. The molecule has 2 aromatic rings. The molecule has 8 nitrogen and oxygen atoms in total. The van der Waals surface area contributed by atoms with Crippen LogP contribution in [-0.4, -0.2) is 20.6 Å². The number of rotatable bonds is 2. The number of fused-ring (bicyclic) bond motifs is 1. The maximum Gasteiger partial charge on any atom is 0.328 e. The molecule has 0 radical (unpaired) electrons. The summed E-state index contributed by atoms with van der Waals surface area (Å²) in [6.45, 7) is 2.58. The molecular weight excluding hydrogens is 254 g/mol. The number of aromatic nitrogens is 2. The van der Waals surface area contributed by atoms with E-state index < -0.39 is 10.7 Å². The molecule has 0 saturated carbocycles. The number of Topliss-reactive ketones (excluding diaryl/α,β-unsaturated/α-hetero) is 1. The van der Waals surface area contributed by atoms with Crippen LogP contribution < -0.4 is 4.43 Å². The van der Waals surface area contributed by atoms with Crippen LogP contribution in [0.1, 0.15) is 23.1 Å². The van der Waals surface area contributed by atoms with E-state index in [4.69, 9.17) is 0 Å². The molecule has 0 atom stereocenters. The number of nitrogens with zero attached hydrogens (tertiary/aromatic N) is 3. The first-order chi connectivity index (χ1) is 8.84. The van der Waals surface area contributed by atoms with Gasteiger partial charge in [-0.1, -0.05) is 0 Å². The van der Waals surface area contributed by atoms with Gasteiger partial charge in [-0.2, -0.15) is 4.73 Å². The average molecular weight is 264 g/mol. The topological polar surface area (TPSA) is 108 Å². The highest BCUT2D eigenvalue weighted by molar-refractivity contribution is 5.92. The van der Waals surface area contributed by atoms with Crippen LogP contribution in [0.3, 0.4) is 0 Å². The Balaban J connectivity index is 2.98. The molecule has 2 rings (SSSR count). The minimum absolute atomic E-state index is 0.0236. The molecule has 0 aliphatic rings. The highest BCUT2D eigenvalue weighted by Gasteiger charge is 2.27. The molecule has 0 bridgehead atoms. The van der Waals surface area contributed by atoms with Gasteiger partial charge in [0.1, 0.15) is 5.69 Å². The predicted molar refractivity (Wildman–Crippen MR) is 63.9 cm³/mol. The van der Waals surface area contributed by atoms with Crippen LogP contribution in [0.5, 0.6) is 0 Å². The number of nitro groups is 1. The van der Waals surface area contributed by atoms with Crippen LogP contribution in [0.25, 0.3) is 11.0 Å². The summed E-state index contributed by atoms with van der Waals surface area (Å²) in [5.41, 5.74) is -0.500. The highest BCUT2D eigenvalue weighted by Crippen LogP contribution is 2.19. The Labute approximate surface area is 106 Å². The van der Waals surface area contributed by atoms with Crippen LogP contribution in [0.15, 0.2) is 18.2 Å². The molecule has 1 aromatic carbocycles. The van der Waals surface area contributed by atoms with Crippen molar-refractivity contribution in [3.63, 3.8) is 0 Å². The minimum atomic E-state index is -0.636. The van der Waals surface area contributed by atoms with Gasteiger partial charge in [0.2, 0.25) is 5.78 Å². The number of carbonyl (C=O) groups is 1. The van der Waals surface area contributed by atoms with Gasteiger partial charge >= 0.3 is 5.69 Å². The van der Waals surface area contributed by atoms with E-state index in [0.717, 1.165) is 12.1 Å². The van der Waals surface area contributed by atoms with Crippen molar-refractivity contribution < 1.29 is 19.4 Å². The largest absolute Gasteiger partial charge is 0.428 e. The number of nitro benzene ring substituents is 1. The Morgan fingerprint density at radius 3 is 2.63 bits per heavy atom. The first-order valence-corrected chi connectivity index (χ1v) is 5.31. The summed E-state index contributed by atoms with van der Waals surface area (Å²) < 4.78 is 0.969. The van der Waals surface area contributed by atoms with E-state index in [2.05, 4.69) is 0 Å². The smallest absolute Gasteiger partial charge is 0.328 e. The third-order valence-corrected chi connectivity index (χ3v) is 2.81. The zero-order valence-corrected chi connectivity index (χ0v) is 10.2. The molecule has 0 unspecified atom stereocenters. The summed E-state index contributed by atoms with van der Waals surface area (Å²) in [5.74, 6) is -0.504. The number of non-ortho nitro benzene ring substituents is 1. The van der Waals surface area contributed by atoms with Crippen molar-refractivity contribution in [3.8, 4) is 0 Å². The SMILES string of the molecule is CC(=O)c1c(C)n(O)c2cc([N+](=O)[O-])ccc2[n+]1=O. The molecule has 0 saturated heterocycles. The Morgan fingerprint density at radius 1 is 1.47 bits per heavy atom. The Morgan fingerprint density at radius 2 is 2.11 bits per heavy atom. The minimum Gasteiger partial charge on any atom is -0.428 e. The fraction of sp³-hybridized carbons (Fsp3) is 0.182. The second kappa shape index (κ2) is 4.16. The lowest BCUT2D eigenvalue weighted by Crippen LogP contribution is -2.29. The van der Waals surface area contributed by atoms with Gasteiger partial charge in [-0.15, -0.1) is 0 Å². The van der Waals surface area contributed by atoms with Gasteiger partial charge in [-0.25, -0.2) is 0 Å². The van der Waals surface area contributed by atoms with Crippen molar-refractivity contribution in [1.82, 2.24) is 4.73 Å². The molecule has 1 N–H and O–H groups in total.